The molecule has 0 aromatic carbocycles. The van der Waals surface area contributed by atoms with E-state index in [2.05, 4.69) is 31.4 Å². The molecule has 1 heterocycles. The van der Waals surface area contributed by atoms with Gasteiger partial charge in [-0.2, -0.15) is 12.6 Å². The van der Waals surface area contributed by atoms with E-state index >= 15 is 0 Å². The van der Waals surface area contributed by atoms with Crippen molar-refractivity contribution in [2.24, 2.45) is 10.8 Å². The number of likely N-dealkylation sites (tertiary alicyclic amines) is 1. The summed E-state index contributed by atoms with van der Waals surface area (Å²) >= 11 is 4.37. The molecule has 1 saturated heterocycles. The van der Waals surface area contributed by atoms with Crippen LogP contribution < -0.4 is 0 Å². The van der Waals surface area contributed by atoms with Crippen LogP contribution >= 0.6 is 12.6 Å². The van der Waals surface area contributed by atoms with Gasteiger partial charge < -0.3 is 4.90 Å². The highest BCUT2D eigenvalue weighted by Gasteiger charge is 2.44. The SMILES string of the molecule is CCC1(C)CCN(C(=O)CC2(CS)CC2)CC1. The maximum Gasteiger partial charge on any atom is 0.223 e. The molecule has 0 aromatic heterocycles. The quantitative estimate of drug-likeness (QED) is 0.765. The van der Waals surface area contributed by atoms with E-state index in [1.54, 1.807) is 0 Å². The second-order valence-corrected chi connectivity index (χ2v) is 6.70. The highest BCUT2D eigenvalue weighted by Crippen LogP contribution is 2.50. The fourth-order valence-electron chi connectivity index (χ4n) is 2.65. The first-order chi connectivity index (χ1) is 8.02. The fourth-order valence-corrected chi connectivity index (χ4v) is 3.08. The minimum atomic E-state index is 0.270. The average molecular weight is 255 g/mol. The van der Waals surface area contributed by atoms with Crippen molar-refractivity contribution in [3.8, 4) is 0 Å². The molecule has 98 valence electrons. The van der Waals surface area contributed by atoms with Crippen LogP contribution in [0.15, 0.2) is 0 Å². The highest BCUT2D eigenvalue weighted by atomic mass is 32.1. The lowest BCUT2D eigenvalue weighted by atomic mass is 9.78. The Morgan fingerprint density at radius 1 is 1.24 bits per heavy atom. The van der Waals surface area contributed by atoms with Gasteiger partial charge in [0, 0.05) is 19.5 Å². The molecule has 2 aliphatic rings. The predicted octanol–water partition coefficient (Wildman–Crippen LogP) is 3.13. The Hall–Kier alpha value is -0.180. The summed E-state index contributed by atoms with van der Waals surface area (Å²) in [6.07, 6.45) is 6.70. The molecule has 0 aromatic rings. The molecule has 0 bridgehead atoms. The van der Waals surface area contributed by atoms with Crippen LogP contribution in [0.4, 0.5) is 0 Å². The molecular formula is C14H25NOS. The second kappa shape index (κ2) is 4.83. The summed E-state index contributed by atoms with van der Waals surface area (Å²) in [5.41, 5.74) is 0.739. The summed E-state index contributed by atoms with van der Waals surface area (Å²) in [6, 6.07) is 0. The maximum absolute atomic E-state index is 12.2. The number of carbonyl (C=O) groups excluding carboxylic acids is 1. The fraction of sp³-hybridized carbons (Fsp3) is 0.929. The van der Waals surface area contributed by atoms with Gasteiger partial charge in [0.25, 0.3) is 0 Å². The summed E-state index contributed by atoms with van der Waals surface area (Å²) < 4.78 is 0. The number of rotatable bonds is 4. The average Bonchev–Trinajstić information content (AvgIpc) is 3.10. The van der Waals surface area contributed by atoms with Gasteiger partial charge in [-0.3, -0.25) is 4.79 Å². The van der Waals surface area contributed by atoms with Crippen molar-refractivity contribution < 1.29 is 4.79 Å². The highest BCUT2D eigenvalue weighted by molar-refractivity contribution is 7.80. The van der Waals surface area contributed by atoms with Gasteiger partial charge in [-0.05, 0) is 42.3 Å². The number of nitrogens with zero attached hydrogens (tertiary/aromatic N) is 1. The molecule has 0 unspecified atom stereocenters. The van der Waals surface area contributed by atoms with Crippen LogP contribution in [0.1, 0.15) is 52.4 Å². The Morgan fingerprint density at radius 3 is 2.24 bits per heavy atom. The zero-order valence-corrected chi connectivity index (χ0v) is 12.1. The standard InChI is InChI=1S/C14H25NOS/c1-3-13(2)6-8-15(9-7-13)12(16)10-14(11-17)4-5-14/h17H,3-11H2,1-2H3. The molecule has 1 aliphatic carbocycles. The molecule has 2 rings (SSSR count). The molecule has 2 nitrogen and oxygen atoms in total. The van der Waals surface area contributed by atoms with Crippen molar-refractivity contribution in [3.63, 3.8) is 0 Å². The van der Waals surface area contributed by atoms with E-state index in [4.69, 9.17) is 0 Å². The van der Waals surface area contributed by atoms with Crippen LogP contribution in [0.3, 0.4) is 0 Å². The lowest BCUT2D eigenvalue weighted by Gasteiger charge is -2.39. The first-order valence-electron chi connectivity index (χ1n) is 6.91. The molecule has 0 N–H and O–H groups in total. The molecule has 2 fully saturated rings. The normalized spacial score (nSPS) is 25.7. The zero-order valence-electron chi connectivity index (χ0n) is 11.2. The van der Waals surface area contributed by atoms with Crippen LogP contribution in [0.25, 0.3) is 0 Å². The van der Waals surface area contributed by atoms with Crippen LogP contribution in [-0.4, -0.2) is 29.6 Å². The smallest absolute Gasteiger partial charge is 0.223 e. The minimum Gasteiger partial charge on any atom is -0.343 e. The van der Waals surface area contributed by atoms with E-state index in [1.165, 1.54) is 32.1 Å². The van der Waals surface area contributed by atoms with Gasteiger partial charge in [0.2, 0.25) is 5.91 Å². The van der Waals surface area contributed by atoms with Gasteiger partial charge >= 0.3 is 0 Å². The minimum absolute atomic E-state index is 0.270. The molecule has 0 spiro atoms. The van der Waals surface area contributed by atoms with Crippen LogP contribution in [0.2, 0.25) is 0 Å². The summed E-state index contributed by atoms with van der Waals surface area (Å²) in [6.45, 7) is 6.54. The third kappa shape index (κ3) is 2.98. The number of thiol groups is 1. The van der Waals surface area contributed by atoms with E-state index < -0.39 is 0 Å². The van der Waals surface area contributed by atoms with E-state index in [-0.39, 0.29) is 5.41 Å². The predicted molar refractivity (Wildman–Crippen MR) is 74.3 cm³/mol. The lowest BCUT2D eigenvalue weighted by molar-refractivity contribution is -0.134. The molecule has 1 amide bonds. The van der Waals surface area contributed by atoms with Gasteiger partial charge in [0.15, 0.2) is 0 Å². The van der Waals surface area contributed by atoms with Gasteiger partial charge in [-0.25, -0.2) is 0 Å². The van der Waals surface area contributed by atoms with Gasteiger partial charge in [-0.15, -0.1) is 0 Å². The largest absolute Gasteiger partial charge is 0.343 e. The zero-order chi connectivity index (χ0) is 12.5. The van der Waals surface area contributed by atoms with Crippen molar-refractivity contribution >= 4 is 18.5 Å². The molecule has 3 heteroatoms. The van der Waals surface area contributed by atoms with Crippen molar-refractivity contribution in [1.82, 2.24) is 4.90 Å². The van der Waals surface area contributed by atoms with E-state index in [1.807, 2.05) is 0 Å². The van der Waals surface area contributed by atoms with Crippen molar-refractivity contribution in [2.75, 3.05) is 18.8 Å². The third-order valence-electron chi connectivity index (χ3n) is 5.00. The number of hydrogen-bond acceptors (Lipinski definition) is 2. The first kappa shape index (κ1) is 13.3. The van der Waals surface area contributed by atoms with Gasteiger partial charge in [0.05, 0.1) is 0 Å². The summed E-state index contributed by atoms with van der Waals surface area (Å²) in [5, 5.41) is 0. The molecule has 0 radical (unpaired) electrons. The van der Waals surface area contributed by atoms with Crippen LogP contribution in [-0.2, 0) is 4.79 Å². The Bertz CT molecular complexity index is 291. The number of carbonyl (C=O) groups is 1. The molecule has 1 saturated carbocycles. The van der Waals surface area contributed by atoms with E-state index in [0.717, 1.165) is 25.3 Å². The maximum atomic E-state index is 12.2. The molecular weight excluding hydrogens is 230 g/mol. The van der Waals surface area contributed by atoms with Gasteiger partial charge in [0.1, 0.15) is 0 Å². The van der Waals surface area contributed by atoms with Gasteiger partial charge in [-0.1, -0.05) is 20.3 Å². The third-order valence-corrected chi connectivity index (χ3v) is 5.67. The monoisotopic (exact) mass is 255 g/mol. The summed E-state index contributed by atoms with van der Waals surface area (Å²) in [5.74, 6) is 1.24. The van der Waals surface area contributed by atoms with Crippen molar-refractivity contribution in [1.29, 1.82) is 0 Å². The molecule has 0 atom stereocenters. The van der Waals surface area contributed by atoms with Crippen LogP contribution in [0, 0.1) is 10.8 Å². The Morgan fingerprint density at radius 2 is 1.82 bits per heavy atom. The molecule has 1 aliphatic heterocycles. The van der Waals surface area contributed by atoms with Crippen molar-refractivity contribution in [3.05, 3.63) is 0 Å². The second-order valence-electron chi connectivity index (χ2n) is 6.38. The topological polar surface area (TPSA) is 20.3 Å². The Balaban J connectivity index is 1.82. The Kier molecular flexibility index (Phi) is 3.77. The van der Waals surface area contributed by atoms with E-state index in [9.17, 15) is 4.79 Å². The number of amides is 1. The lowest BCUT2D eigenvalue weighted by Crippen LogP contribution is -2.42. The number of piperidine rings is 1. The summed E-state index contributed by atoms with van der Waals surface area (Å²) in [7, 11) is 0. The first-order valence-corrected chi connectivity index (χ1v) is 7.54. The van der Waals surface area contributed by atoms with Crippen molar-refractivity contribution in [2.45, 2.75) is 52.4 Å². The van der Waals surface area contributed by atoms with E-state index in [0.29, 0.717) is 11.3 Å². The summed E-state index contributed by atoms with van der Waals surface area (Å²) in [4.78, 5) is 14.3. The molecule has 17 heavy (non-hydrogen) atoms. The van der Waals surface area contributed by atoms with Crippen LogP contribution in [0.5, 0.6) is 0 Å². The Labute approximate surface area is 111 Å². The number of hydrogen-bond donors (Lipinski definition) is 1.